The Labute approximate surface area is 243 Å². The number of nitrogens with zero attached hydrogens (tertiary/aromatic N) is 1. The van der Waals surface area contributed by atoms with Crippen LogP contribution >= 0.6 is 0 Å². The molecule has 0 saturated heterocycles. The fraction of sp³-hybridized carbons (Fsp3) is 0.150. The molecule has 0 saturated carbocycles. The van der Waals surface area contributed by atoms with Gasteiger partial charge in [-0.2, -0.15) is 0 Å². The van der Waals surface area contributed by atoms with Crippen molar-refractivity contribution in [3.05, 3.63) is 155 Å². The minimum Gasteiger partial charge on any atom is -0.350 e. The molecule has 0 atom stereocenters. The molecule has 3 aliphatic carbocycles. The monoisotopic (exact) mass is 529 g/mol. The maximum atomic E-state index is 4.37. The van der Waals surface area contributed by atoms with Gasteiger partial charge in [-0.1, -0.05) is 122 Å². The van der Waals surface area contributed by atoms with Gasteiger partial charge in [0.2, 0.25) is 0 Å². The van der Waals surface area contributed by atoms with Gasteiger partial charge in [-0.25, -0.2) is 0 Å². The quantitative estimate of drug-likeness (QED) is 0.243. The second kappa shape index (κ2) is 10.7. The van der Waals surface area contributed by atoms with Crippen molar-refractivity contribution >= 4 is 23.3 Å². The molecule has 1 nitrogen and oxygen atoms in total. The summed E-state index contributed by atoms with van der Waals surface area (Å²) in [5, 5.41) is 0. The highest BCUT2D eigenvalue weighted by Crippen LogP contribution is 2.41. The van der Waals surface area contributed by atoms with Crippen LogP contribution in [0.4, 0.5) is 0 Å². The highest BCUT2D eigenvalue weighted by molar-refractivity contribution is 5.94. The topological polar surface area (TPSA) is 4.93 Å². The molecule has 0 N–H and O–H groups in total. The van der Waals surface area contributed by atoms with Crippen LogP contribution in [0.3, 0.4) is 0 Å². The zero-order chi connectivity index (χ0) is 27.8. The van der Waals surface area contributed by atoms with E-state index in [9.17, 15) is 0 Å². The van der Waals surface area contributed by atoms with Crippen LogP contribution in [0.2, 0.25) is 0 Å². The zero-order valence-corrected chi connectivity index (χ0v) is 23.7. The van der Waals surface area contributed by atoms with Gasteiger partial charge in [0.15, 0.2) is 0 Å². The molecule has 0 amide bonds. The number of aryl methyl sites for hydroxylation is 1. The summed E-state index contributed by atoms with van der Waals surface area (Å²) in [6.45, 7) is 4.37. The lowest BCUT2D eigenvalue weighted by molar-refractivity contribution is 0.773. The van der Waals surface area contributed by atoms with Crippen LogP contribution in [-0.2, 0) is 26.3 Å². The maximum Gasteiger partial charge on any atom is 0.0291 e. The minimum absolute atomic E-state index is 0.989. The molecule has 0 unspecified atom stereocenters. The van der Waals surface area contributed by atoms with Crippen molar-refractivity contribution in [3.8, 4) is 22.3 Å². The lowest BCUT2D eigenvalue weighted by Crippen LogP contribution is -2.05. The van der Waals surface area contributed by atoms with Gasteiger partial charge in [0.1, 0.15) is 0 Å². The Morgan fingerprint density at radius 3 is 2.27 bits per heavy atom. The number of benzene rings is 3. The van der Waals surface area contributed by atoms with E-state index in [1.807, 2.05) is 0 Å². The molecule has 7 rings (SSSR count). The van der Waals surface area contributed by atoms with E-state index >= 15 is 0 Å². The van der Waals surface area contributed by atoms with Gasteiger partial charge in [-0.3, -0.25) is 0 Å². The predicted octanol–water partition coefficient (Wildman–Crippen LogP) is 10.0. The molecule has 0 fully saturated rings. The zero-order valence-electron chi connectivity index (χ0n) is 23.7. The van der Waals surface area contributed by atoms with Gasteiger partial charge in [-0.15, -0.1) is 0 Å². The van der Waals surface area contributed by atoms with Crippen LogP contribution in [-0.4, -0.2) is 4.57 Å². The standard InChI is InChI=1S/C40H35N/c1-28-14-6-3-4-7-15-29-26-30(22-24-35(29)36-19-13-10-16-32(28)36)33-17-11-12-18-34(33)31-23-25-40-38(27-31)37-20-8-5-9-21-39(37)41(40)2/h3-6,8-14,16-20,22,24,26-27H,1,7,15,21,23,25H2,2H3/b4-3-,14-6-. The molecular weight excluding hydrogens is 494 g/mol. The first-order valence-corrected chi connectivity index (χ1v) is 14.8. The molecule has 1 aromatic heterocycles. The normalized spacial score (nSPS) is 17.3. The van der Waals surface area contributed by atoms with Crippen LogP contribution in [0, 0.1) is 0 Å². The van der Waals surface area contributed by atoms with E-state index in [4.69, 9.17) is 0 Å². The average molecular weight is 530 g/mol. The fourth-order valence-electron chi connectivity index (χ4n) is 6.77. The summed E-state index contributed by atoms with van der Waals surface area (Å²) in [6, 6.07) is 24.8. The van der Waals surface area contributed by atoms with Crippen LogP contribution in [0.5, 0.6) is 0 Å². The van der Waals surface area contributed by atoms with Crippen molar-refractivity contribution in [1.29, 1.82) is 0 Å². The molecule has 41 heavy (non-hydrogen) atoms. The van der Waals surface area contributed by atoms with Gasteiger partial charge < -0.3 is 4.57 Å². The van der Waals surface area contributed by atoms with E-state index in [1.165, 1.54) is 67.0 Å². The molecule has 0 aliphatic heterocycles. The SMILES string of the molecule is C=C1/C=C\C=C/CCc2cc(-c3ccccc3C3=Cc4c5c(n(C)c4CC3)CC=CC=C5)ccc2-c2ccccc21. The van der Waals surface area contributed by atoms with Gasteiger partial charge >= 0.3 is 0 Å². The number of fused-ring (bicyclic) bond motifs is 6. The summed E-state index contributed by atoms with van der Waals surface area (Å²) >= 11 is 0. The molecular formula is C40H35N. The highest BCUT2D eigenvalue weighted by Gasteiger charge is 2.23. The molecule has 4 aromatic rings. The summed E-state index contributed by atoms with van der Waals surface area (Å²) in [7, 11) is 2.24. The molecule has 1 heteroatoms. The predicted molar refractivity (Wildman–Crippen MR) is 176 cm³/mol. The third-order valence-corrected chi connectivity index (χ3v) is 8.87. The second-order valence-electron chi connectivity index (χ2n) is 11.3. The van der Waals surface area contributed by atoms with Gasteiger partial charge in [-0.05, 0) is 81.8 Å². The molecule has 3 aromatic carbocycles. The number of aromatic nitrogens is 1. The average Bonchev–Trinajstić information content (AvgIpc) is 3.15. The van der Waals surface area contributed by atoms with E-state index in [-0.39, 0.29) is 0 Å². The largest absolute Gasteiger partial charge is 0.350 e. The van der Waals surface area contributed by atoms with Crippen molar-refractivity contribution in [2.75, 3.05) is 0 Å². The van der Waals surface area contributed by atoms with E-state index in [2.05, 4.69) is 140 Å². The molecule has 0 bridgehead atoms. The Kier molecular flexibility index (Phi) is 6.65. The van der Waals surface area contributed by atoms with Crippen molar-refractivity contribution in [1.82, 2.24) is 4.57 Å². The maximum absolute atomic E-state index is 4.37. The minimum atomic E-state index is 0.989. The molecule has 200 valence electrons. The number of hydrogen-bond acceptors (Lipinski definition) is 0. The molecule has 0 spiro atoms. The molecule has 0 radical (unpaired) electrons. The first-order chi connectivity index (χ1) is 20.2. The summed E-state index contributed by atoms with van der Waals surface area (Å²) < 4.78 is 2.43. The number of allylic oxidation sites excluding steroid dienone is 9. The van der Waals surface area contributed by atoms with Gasteiger partial charge in [0, 0.05) is 36.0 Å². The summed E-state index contributed by atoms with van der Waals surface area (Å²) in [5.41, 5.74) is 17.2. The Morgan fingerprint density at radius 1 is 0.634 bits per heavy atom. The van der Waals surface area contributed by atoms with Gasteiger partial charge in [0.05, 0.1) is 0 Å². The number of hydrogen-bond donors (Lipinski definition) is 0. The number of rotatable bonds is 2. The van der Waals surface area contributed by atoms with Crippen molar-refractivity contribution in [3.63, 3.8) is 0 Å². The van der Waals surface area contributed by atoms with Crippen LogP contribution in [0.15, 0.2) is 116 Å². The van der Waals surface area contributed by atoms with E-state index in [1.54, 1.807) is 0 Å². The van der Waals surface area contributed by atoms with E-state index in [0.717, 1.165) is 37.7 Å². The Morgan fingerprint density at radius 2 is 1.39 bits per heavy atom. The lowest BCUT2D eigenvalue weighted by atomic mass is 9.85. The molecule has 3 aliphatic rings. The van der Waals surface area contributed by atoms with Crippen molar-refractivity contribution in [2.45, 2.75) is 32.1 Å². The van der Waals surface area contributed by atoms with Crippen molar-refractivity contribution < 1.29 is 0 Å². The summed E-state index contributed by atoms with van der Waals surface area (Å²) in [6.07, 6.45) is 25.1. The third-order valence-electron chi connectivity index (χ3n) is 8.87. The van der Waals surface area contributed by atoms with E-state index in [0.29, 0.717) is 0 Å². The Hall–Kier alpha value is -4.62. The van der Waals surface area contributed by atoms with Crippen molar-refractivity contribution in [2.24, 2.45) is 7.05 Å². The summed E-state index contributed by atoms with van der Waals surface area (Å²) in [5.74, 6) is 0. The Bertz CT molecular complexity index is 1830. The van der Waals surface area contributed by atoms with Crippen LogP contribution < -0.4 is 0 Å². The first-order valence-electron chi connectivity index (χ1n) is 14.8. The smallest absolute Gasteiger partial charge is 0.0291 e. The highest BCUT2D eigenvalue weighted by atomic mass is 15.0. The third kappa shape index (κ3) is 4.62. The van der Waals surface area contributed by atoms with Crippen LogP contribution in [0.1, 0.15) is 52.0 Å². The van der Waals surface area contributed by atoms with Crippen LogP contribution in [0.25, 0.3) is 45.6 Å². The Balaban J connectivity index is 1.34. The molecule has 1 heterocycles. The second-order valence-corrected chi connectivity index (χ2v) is 11.3. The first kappa shape index (κ1) is 25.4. The summed E-state index contributed by atoms with van der Waals surface area (Å²) in [4.78, 5) is 0. The fourth-order valence-corrected chi connectivity index (χ4v) is 6.77. The van der Waals surface area contributed by atoms with Gasteiger partial charge in [0.25, 0.3) is 0 Å². The lowest BCUT2D eigenvalue weighted by Gasteiger charge is -2.20. The van der Waals surface area contributed by atoms with E-state index < -0.39 is 0 Å².